The number of aromatic nitrogens is 4. The van der Waals surface area contributed by atoms with Crippen molar-refractivity contribution in [2.24, 2.45) is 0 Å². The van der Waals surface area contributed by atoms with Crippen molar-refractivity contribution in [3.63, 3.8) is 0 Å². The van der Waals surface area contributed by atoms with Gasteiger partial charge in [0, 0.05) is 36.3 Å². The molecule has 1 N–H and O–H groups in total. The van der Waals surface area contributed by atoms with Crippen molar-refractivity contribution in [1.82, 2.24) is 19.7 Å². The van der Waals surface area contributed by atoms with Gasteiger partial charge in [0.15, 0.2) is 5.82 Å². The molecule has 0 unspecified atom stereocenters. The minimum Gasteiger partial charge on any atom is -0.478 e. The summed E-state index contributed by atoms with van der Waals surface area (Å²) in [5.41, 5.74) is 2.63. The summed E-state index contributed by atoms with van der Waals surface area (Å²) in [5.74, 6) is 1.13. The molecule has 0 bridgehead atoms. The second kappa shape index (κ2) is 9.45. The van der Waals surface area contributed by atoms with E-state index in [2.05, 4.69) is 30.9 Å². The smallest absolute Gasteiger partial charge is 0.336 e. The van der Waals surface area contributed by atoms with E-state index in [1.165, 1.54) is 12.8 Å². The highest BCUT2D eigenvalue weighted by atomic mass is 16.4. The van der Waals surface area contributed by atoms with Crippen molar-refractivity contribution >= 4 is 5.97 Å². The van der Waals surface area contributed by atoms with Gasteiger partial charge >= 0.3 is 5.97 Å². The zero-order valence-electron chi connectivity index (χ0n) is 17.3. The van der Waals surface area contributed by atoms with Crippen LogP contribution < -0.4 is 0 Å². The van der Waals surface area contributed by atoms with Crippen LogP contribution in [0, 0.1) is 0 Å². The molecule has 6 heteroatoms. The fourth-order valence-corrected chi connectivity index (χ4v) is 3.23. The van der Waals surface area contributed by atoms with E-state index in [0.717, 1.165) is 35.9 Å². The van der Waals surface area contributed by atoms with Crippen molar-refractivity contribution in [2.45, 2.75) is 58.9 Å². The van der Waals surface area contributed by atoms with Crippen LogP contribution in [0.5, 0.6) is 0 Å². The number of aryl methyl sites for hydroxylation is 1. The second-order valence-corrected chi connectivity index (χ2v) is 7.54. The van der Waals surface area contributed by atoms with Crippen molar-refractivity contribution in [2.75, 3.05) is 0 Å². The van der Waals surface area contributed by atoms with Crippen LogP contribution in [0.1, 0.15) is 73.7 Å². The van der Waals surface area contributed by atoms with Crippen LogP contribution in [0.4, 0.5) is 0 Å². The Morgan fingerprint density at radius 2 is 1.93 bits per heavy atom. The molecule has 152 valence electrons. The molecule has 6 nitrogen and oxygen atoms in total. The molecular weight excluding hydrogens is 364 g/mol. The Kier molecular flexibility index (Phi) is 6.75. The second-order valence-electron chi connectivity index (χ2n) is 7.54. The zero-order valence-corrected chi connectivity index (χ0v) is 17.3. The number of carbonyl (C=O) groups is 1. The molecule has 1 aromatic carbocycles. The van der Waals surface area contributed by atoms with Crippen molar-refractivity contribution in [3.05, 3.63) is 65.5 Å². The Bertz CT molecular complexity index is 961. The fourth-order valence-electron chi connectivity index (χ4n) is 3.23. The lowest BCUT2D eigenvalue weighted by molar-refractivity contribution is 0.0697. The Balaban J connectivity index is 1.82. The summed E-state index contributed by atoms with van der Waals surface area (Å²) < 4.78 is 2.01. The molecule has 29 heavy (non-hydrogen) atoms. The largest absolute Gasteiger partial charge is 0.478 e. The lowest BCUT2D eigenvalue weighted by Gasteiger charge is -2.08. The molecule has 0 atom stereocenters. The highest BCUT2D eigenvalue weighted by Crippen LogP contribution is 2.23. The lowest BCUT2D eigenvalue weighted by atomic mass is 10.0. The topological polar surface area (TPSA) is 80.9 Å². The van der Waals surface area contributed by atoms with Gasteiger partial charge in [-0.3, -0.25) is 4.98 Å². The highest BCUT2D eigenvalue weighted by Gasteiger charge is 2.15. The van der Waals surface area contributed by atoms with Crippen molar-refractivity contribution < 1.29 is 9.90 Å². The standard InChI is InChI=1S/C23H28N4O2/c1-4-5-8-13-27-21(25-22(26-27)16(2)3)14-18-12-11-17(15-24-18)19-9-6-7-10-20(19)23(28)29/h6-7,9-12,15-16H,4-5,8,13-14H2,1-3H3,(H,28,29). The summed E-state index contributed by atoms with van der Waals surface area (Å²) >= 11 is 0. The van der Waals surface area contributed by atoms with E-state index in [4.69, 9.17) is 4.98 Å². The first-order chi connectivity index (χ1) is 14.0. The van der Waals surface area contributed by atoms with E-state index in [9.17, 15) is 9.90 Å². The number of pyridine rings is 1. The minimum absolute atomic E-state index is 0.277. The maximum atomic E-state index is 11.5. The SMILES string of the molecule is CCCCCn1nc(C(C)C)nc1Cc1ccc(-c2ccccc2C(=O)O)cn1. The third-order valence-electron chi connectivity index (χ3n) is 4.89. The molecule has 0 radical (unpaired) electrons. The molecule has 0 spiro atoms. The quantitative estimate of drug-likeness (QED) is 0.522. The number of benzene rings is 1. The predicted octanol–water partition coefficient (Wildman–Crippen LogP) is 4.94. The fraction of sp³-hybridized carbons (Fsp3) is 0.391. The predicted molar refractivity (Wildman–Crippen MR) is 113 cm³/mol. The van der Waals surface area contributed by atoms with E-state index >= 15 is 0 Å². The first-order valence-corrected chi connectivity index (χ1v) is 10.2. The average molecular weight is 393 g/mol. The number of carboxylic acid groups (broad SMARTS) is 1. The number of aromatic carboxylic acids is 1. The van der Waals surface area contributed by atoms with Gasteiger partial charge in [-0.15, -0.1) is 0 Å². The van der Waals surface area contributed by atoms with Crippen LogP contribution >= 0.6 is 0 Å². The highest BCUT2D eigenvalue weighted by molar-refractivity contribution is 5.95. The molecule has 3 aromatic rings. The van der Waals surface area contributed by atoms with Crippen LogP contribution in [0.3, 0.4) is 0 Å². The van der Waals surface area contributed by atoms with Crippen LogP contribution in [-0.4, -0.2) is 30.8 Å². The van der Waals surface area contributed by atoms with Gasteiger partial charge in [-0.1, -0.05) is 57.9 Å². The number of hydrogen-bond acceptors (Lipinski definition) is 4. The minimum atomic E-state index is -0.939. The number of rotatable bonds is 9. The van der Waals surface area contributed by atoms with E-state index in [1.54, 1.807) is 24.4 Å². The van der Waals surface area contributed by atoms with Gasteiger partial charge < -0.3 is 5.11 Å². The van der Waals surface area contributed by atoms with E-state index in [-0.39, 0.29) is 11.5 Å². The van der Waals surface area contributed by atoms with Crippen LogP contribution in [-0.2, 0) is 13.0 Å². The summed E-state index contributed by atoms with van der Waals surface area (Å²) in [6.07, 6.45) is 5.77. The number of hydrogen-bond donors (Lipinski definition) is 1. The monoisotopic (exact) mass is 392 g/mol. The summed E-state index contributed by atoms with van der Waals surface area (Å²) in [6.45, 7) is 7.26. The van der Waals surface area contributed by atoms with Crippen LogP contribution in [0.25, 0.3) is 11.1 Å². The molecule has 0 fully saturated rings. The van der Waals surface area contributed by atoms with Crippen LogP contribution in [0.15, 0.2) is 42.6 Å². The van der Waals surface area contributed by atoms with E-state index in [0.29, 0.717) is 12.0 Å². The van der Waals surface area contributed by atoms with Crippen LogP contribution in [0.2, 0.25) is 0 Å². The molecule has 0 aliphatic heterocycles. The lowest BCUT2D eigenvalue weighted by Crippen LogP contribution is -2.07. The maximum Gasteiger partial charge on any atom is 0.336 e. The van der Waals surface area contributed by atoms with Gasteiger partial charge in [-0.25, -0.2) is 14.5 Å². The molecule has 0 aliphatic rings. The Morgan fingerprint density at radius 1 is 1.14 bits per heavy atom. The van der Waals surface area contributed by atoms with Gasteiger partial charge in [0.2, 0.25) is 0 Å². The van der Waals surface area contributed by atoms with Gasteiger partial charge in [-0.05, 0) is 24.1 Å². The Hall–Kier alpha value is -3.02. The summed E-state index contributed by atoms with van der Waals surface area (Å²) in [4.78, 5) is 20.8. The summed E-state index contributed by atoms with van der Waals surface area (Å²) in [5, 5.41) is 14.1. The molecule has 2 heterocycles. The molecule has 0 saturated heterocycles. The molecule has 3 rings (SSSR count). The van der Waals surface area contributed by atoms with Crippen molar-refractivity contribution in [3.8, 4) is 11.1 Å². The first-order valence-electron chi connectivity index (χ1n) is 10.2. The Morgan fingerprint density at radius 3 is 2.59 bits per heavy atom. The first kappa shape index (κ1) is 20.7. The van der Waals surface area contributed by atoms with Gasteiger partial charge in [0.25, 0.3) is 0 Å². The molecule has 0 saturated carbocycles. The van der Waals surface area contributed by atoms with E-state index in [1.807, 2.05) is 22.9 Å². The Labute approximate surface area is 171 Å². The third kappa shape index (κ3) is 5.08. The molecule has 2 aromatic heterocycles. The number of carboxylic acids is 1. The summed E-state index contributed by atoms with van der Waals surface area (Å²) in [6, 6.07) is 10.8. The van der Waals surface area contributed by atoms with E-state index < -0.39 is 5.97 Å². The summed E-state index contributed by atoms with van der Waals surface area (Å²) in [7, 11) is 0. The average Bonchev–Trinajstić information content (AvgIpc) is 3.12. The number of unbranched alkanes of at least 4 members (excludes halogenated alkanes) is 2. The molecule has 0 amide bonds. The molecule has 0 aliphatic carbocycles. The third-order valence-corrected chi connectivity index (χ3v) is 4.89. The maximum absolute atomic E-state index is 11.5. The van der Waals surface area contributed by atoms with Crippen molar-refractivity contribution in [1.29, 1.82) is 0 Å². The van der Waals surface area contributed by atoms with Gasteiger partial charge in [0.05, 0.1) is 5.56 Å². The van der Waals surface area contributed by atoms with Gasteiger partial charge in [-0.2, -0.15) is 5.10 Å². The van der Waals surface area contributed by atoms with Gasteiger partial charge in [0.1, 0.15) is 5.82 Å². The number of nitrogens with zero attached hydrogens (tertiary/aromatic N) is 4. The normalized spacial score (nSPS) is 11.2. The zero-order chi connectivity index (χ0) is 20.8. The molecular formula is C23H28N4O2.